The first kappa shape index (κ1) is 17.3. The van der Waals surface area contributed by atoms with E-state index in [-0.39, 0.29) is 17.7 Å². The van der Waals surface area contributed by atoms with Crippen LogP contribution < -0.4 is 9.47 Å². The van der Waals surface area contributed by atoms with Crippen LogP contribution in [0.1, 0.15) is 32.0 Å². The number of esters is 1. The third kappa shape index (κ3) is 3.75. The second-order valence-electron chi connectivity index (χ2n) is 5.48. The molecule has 2 aromatic carbocycles. The monoisotopic (exact) mass is 352 g/mol. The summed E-state index contributed by atoms with van der Waals surface area (Å²) in [5.74, 6) is -0.545. The van der Waals surface area contributed by atoms with Gasteiger partial charge in [-0.05, 0) is 35.9 Å². The molecule has 1 heterocycles. The Kier molecular flexibility index (Phi) is 5.03. The molecule has 0 unspecified atom stereocenters. The molecule has 0 spiro atoms. The Labute approximate surface area is 149 Å². The lowest BCUT2D eigenvalue weighted by molar-refractivity contribution is 0.0691. The van der Waals surface area contributed by atoms with E-state index >= 15 is 0 Å². The van der Waals surface area contributed by atoms with E-state index in [4.69, 9.17) is 19.0 Å². The lowest BCUT2D eigenvalue weighted by Crippen LogP contribution is -2.09. The first-order valence-electron chi connectivity index (χ1n) is 7.82. The molecule has 0 aliphatic rings. The number of hydrogen-bond acceptors (Lipinski definition) is 5. The molecule has 6 heteroatoms. The first-order chi connectivity index (χ1) is 12.6. The number of methoxy groups -OCH3 is 1. The number of rotatable bonds is 6. The number of carbonyl (C=O) groups excluding carboxylic acids is 1. The van der Waals surface area contributed by atoms with Crippen molar-refractivity contribution in [2.75, 3.05) is 7.11 Å². The maximum absolute atomic E-state index is 12.2. The highest BCUT2D eigenvalue weighted by molar-refractivity contribution is 5.91. The second kappa shape index (κ2) is 7.57. The van der Waals surface area contributed by atoms with Gasteiger partial charge in [0.2, 0.25) is 0 Å². The summed E-state index contributed by atoms with van der Waals surface area (Å²) < 4.78 is 15.9. The van der Waals surface area contributed by atoms with Gasteiger partial charge in [-0.1, -0.05) is 24.3 Å². The quantitative estimate of drug-likeness (QED) is 0.536. The largest absolute Gasteiger partial charge is 0.493 e. The zero-order valence-electron chi connectivity index (χ0n) is 14.0. The Balaban J connectivity index is 1.80. The molecule has 0 atom stereocenters. The minimum absolute atomic E-state index is 0.114. The highest BCUT2D eigenvalue weighted by Gasteiger charge is 2.16. The van der Waals surface area contributed by atoms with Gasteiger partial charge in [-0.25, -0.2) is 9.59 Å². The SMILES string of the molecule is COc1cc(Cc2occc2C(=O)O)ccc1OC(=O)c1ccccc1. The Morgan fingerprint density at radius 2 is 1.81 bits per heavy atom. The molecule has 26 heavy (non-hydrogen) atoms. The summed E-state index contributed by atoms with van der Waals surface area (Å²) in [6, 6.07) is 15.1. The maximum Gasteiger partial charge on any atom is 0.343 e. The number of carboxylic acids is 1. The van der Waals surface area contributed by atoms with E-state index in [2.05, 4.69) is 0 Å². The maximum atomic E-state index is 12.2. The molecule has 0 radical (unpaired) electrons. The Morgan fingerprint density at radius 1 is 1.04 bits per heavy atom. The molecule has 132 valence electrons. The van der Waals surface area contributed by atoms with Crippen molar-refractivity contribution in [3.63, 3.8) is 0 Å². The molecule has 3 aromatic rings. The number of hydrogen-bond donors (Lipinski definition) is 1. The lowest BCUT2D eigenvalue weighted by Gasteiger charge is -2.11. The molecular formula is C20H16O6. The van der Waals surface area contributed by atoms with Gasteiger partial charge in [0.05, 0.1) is 18.9 Å². The van der Waals surface area contributed by atoms with Crippen LogP contribution in [0.4, 0.5) is 0 Å². The predicted octanol–water partition coefficient (Wildman–Crippen LogP) is 3.80. The fourth-order valence-electron chi connectivity index (χ4n) is 2.49. The van der Waals surface area contributed by atoms with Crippen molar-refractivity contribution in [1.82, 2.24) is 0 Å². The summed E-state index contributed by atoms with van der Waals surface area (Å²) in [4.78, 5) is 23.3. The highest BCUT2D eigenvalue weighted by Crippen LogP contribution is 2.30. The molecule has 0 fully saturated rings. The number of benzene rings is 2. The predicted molar refractivity (Wildman–Crippen MR) is 92.9 cm³/mol. The number of ether oxygens (including phenoxy) is 2. The molecule has 0 bridgehead atoms. The molecule has 1 N–H and O–H groups in total. The summed E-state index contributed by atoms with van der Waals surface area (Å²) in [6.07, 6.45) is 1.62. The molecule has 3 rings (SSSR count). The van der Waals surface area contributed by atoms with Crippen LogP contribution in [0.3, 0.4) is 0 Å². The van der Waals surface area contributed by atoms with Gasteiger partial charge < -0.3 is 19.0 Å². The molecule has 6 nitrogen and oxygen atoms in total. The van der Waals surface area contributed by atoms with Crippen molar-refractivity contribution in [1.29, 1.82) is 0 Å². The summed E-state index contributed by atoms with van der Waals surface area (Å²) >= 11 is 0. The van der Waals surface area contributed by atoms with Crippen molar-refractivity contribution in [2.24, 2.45) is 0 Å². The Morgan fingerprint density at radius 3 is 2.50 bits per heavy atom. The first-order valence-corrected chi connectivity index (χ1v) is 7.82. The number of carbonyl (C=O) groups is 2. The van der Waals surface area contributed by atoms with Gasteiger partial charge in [-0.3, -0.25) is 0 Å². The van der Waals surface area contributed by atoms with Crippen molar-refractivity contribution in [2.45, 2.75) is 6.42 Å². The fraction of sp³-hybridized carbons (Fsp3) is 0.100. The second-order valence-corrected chi connectivity index (χ2v) is 5.48. The van der Waals surface area contributed by atoms with Crippen molar-refractivity contribution in [3.8, 4) is 11.5 Å². The van der Waals surface area contributed by atoms with Gasteiger partial charge in [0.1, 0.15) is 11.3 Å². The van der Waals surface area contributed by atoms with E-state index in [1.165, 1.54) is 19.4 Å². The standard InChI is InChI=1S/C20H16O6/c1-24-18-12-13(11-17-15(19(21)22)9-10-25-17)7-8-16(18)26-20(23)14-5-3-2-4-6-14/h2-10,12H,11H2,1H3,(H,21,22). The van der Waals surface area contributed by atoms with Crippen LogP contribution in [-0.2, 0) is 6.42 Å². The van der Waals surface area contributed by atoms with Gasteiger partial charge in [0, 0.05) is 6.42 Å². The molecule has 0 saturated heterocycles. The number of furan rings is 1. The van der Waals surface area contributed by atoms with Crippen molar-refractivity contribution in [3.05, 3.63) is 83.3 Å². The highest BCUT2D eigenvalue weighted by atomic mass is 16.6. The third-order valence-electron chi connectivity index (χ3n) is 3.78. The van der Waals surface area contributed by atoms with Crippen LogP contribution in [0.25, 0.3) is 0 Å². The summed E-state index contributed by atoms with van der Waals surface area (Å²) in [6.45, 7) is 0. The average molecular weight is 352 g/mol. The van der Waals surface area contributed by atoms with Gasteiger partial charge in [0.15, 0.2) is 11.5 Å². The summed E-state index contributed by atoms with van der Waals surface area (Å²) in [5.41, 5.74) is 1.31. The topological polar surface area (TPSA) is 86.0 Å². The molecule has 1 aromatic heterocycles. The normalized spacial score (nSPS) is 10.3. The molecule has 0 saturated carbocycles. The van der Waals surface area contributed by atoms with E-state index in [9.17, 15) is 9.59 Å². The molecular weight excluding hydrogens is 336 g/mol. The van der Waals surface area contributed by atoms with Crippen LogP contribution in [0.2, 0.25) is 0 Å². The van der Waals surface area contributed by atoms with Gasteiger partial charge in [-0.2, -0.15) is 0 Å². The average Bonchev–Trinajstić information content (AvgIpc) is 3.12. The van der Waals surface area contributed by atoms with E-state index in [0.717, 1.165) is 5.56 Å². The Bertz CT molecular complexity index is 926. The number of aromatic carboxylic acids is 1. The fourth-order valence-corrected chi connectivity index (χ4v) is 2.49. The van der Waals surface area contributed by atoms with E-state index in [1.807, 2.05) is 6.07 Å². The summed E-state index contributed by atoms with van der Waals surface area (Å²) in [7, 11) is 1.47. The molecule has 0 aliphatic heterocycles. The van der Waals surface area contributed by atoms with Crippen LogP contribution in [0, 0.1) is 0 Å². The molecule has 0 aliphatic carbocycles. The zero-order chi connectivity index (χ0) is 18.5. The lowest BCUT2D eigenvalue weighted by atomic mass is 10.1. The van der Waals surface area contributed by atoms with Gasteiger partial charge in [0.25, 0.3) is 0 Å². The zero-order valence-corrected chi connectivity index (χ0v) is 14.0. The minimum atomic E-state index is -1.05. The smallest absolute Gasteiger partial charge is 0.343 e. The van der Waals surface area contributed by atoms with Crippen molar-refractivity contribution >= 4 is 11.9 Å². The molecule has 0 amide bonds. The number of carboxylic acid groups (broad SMARTS) is 1. The van der Waals surface area contributed by atoms with Gasteiger partial charge in [-0.15, -0.1) is 0 Å². The Hall–Kier alpha value is -3.54. The van der Waals surface area contributed by atoms with Crippen LogP contribution >= 0.6 is 0 Å². The minimum Gasteiger partial charge on any atom is -0.493 e. The van der Waals surface area contributed by atoms with Crippen LogP contribution in [0.5, 0.6) is 11.5 Å². The van der Waals surface area contributed by atoms with Crippen molar-refractivity contribution < 1.29 is 28.6 Å². The van der Waals surface area contributed by atoms with Crippen LogP contribution in [-0.4, -0.2) is 24.2 Å². The third-order valence-corrected chi connectivity index (χ3v) is 3.78. The van der Waals surface area contributed by atoms with Gasteiger partial charge >= 0.3 is 11.9 Å². The summed E-state index contributed by atoms with van der Waals surface area (Å²) in [5, 5.41) is 9.14. The van der Waals surface area contributed by atoms with E-state index in [1.54, 1.807) is 42.5 Å². The van der Waals surface area contributed by atoms with Crippen LogP contribution in [0.15, 0.2) is 65.3 Å². The van der Waals surface area contributed by atoms with E-state index < -0.39 is 11.9 Å². The van der Waals surface area contributed by atoms with E-state index in [0.29, 0.717) is 17.1 Å².